The topological polar surface area (TPSA) is 63.2 Å². The fourth-order valence-corrected chi connectivity index (χ4v) is 1.91. The zero-order chi connectivity index (χ0) is 14.8. The molecule has 0 spiro atoms. The van der Waals surface area contributed by atoms with Crippen LogP contribution < -0.4 is 10.6 Å². The van der Waals surface area contributed by atoms with Crippen LogP contribution in [0.2, 0.25) is 0 Å². The molecule has 0 aliphatic rings. The molecule has 0 bridgehead atoms. The summed E-state index contributed by atoms with van der Waals surface area (Å²) in [6, 6.07) is 3.65. The fourth-order valence-electron chi connectivity index (χ4n) is 1.91. The highest BCUT2D eigenvalue weighted by molar-refractivity contribution is 5.95. The van der Waals surface area contributed by atoms with Gasteiger partial charge < -0.3 is 15.4 Å². The molecule has 0 saturated carbocycles. The Bertz CT molecular complexity index is 422. The predicted molar refractivity (Wildman–Crippen MR) is 81.2 cm³/mol. The minimum atomic E-state index is -0.0429. The van der Waals surface area contributed by atoms with Crippen molar-refractivity contribution in [3.63, 3.8) is 0 Å². The molecular weight excluding hydrogens is 254 g/mol. The second kappa shape index (κ2) is 9.31. The van der Waals surface area contributed by atoms with E-state index >= 15 is 0 Å². The van der Waals surface area contributed by atoms with E-state index in [1.807, 2.05) is 13.1 Å². The maximum atomic E-state index is 12.1. The van der Waals surface area contributed by atoms with Crippen LogP contribution >= 0.6 is 0 Å². The molecule has 1 heterocycles. The maximum absolute atomic E-state index is 12.1. The number of carbonyl (C=O) groups is 1. The van der Waals surface area contributed by atoms with E-state index in [1.165, 1.54) is 0 Å². The predicted octanol–water partition coefficient (Wildman–Crippen LogP) is 2.23. The Morgan fingerprint density at radius 3 is 2.80 bits per heavy atom. The molecule has 0 aliphatic carbocycles. The normalized spacial score (nSPS) is 10.3. The monoisotopic (exact) mass is 279 g/mol. The quantitative estimate of drug-likeness (QED) is 0.680. The highest BCUT2D eigenvalue weighted by atomic mass is 16.5. The number of nitrogens with zero attached hydrogens (tertiary/aromatic N) is 1. The van der Waals surface area contributed by atoms with Gasteiger partial charge in [-0.15, -0.1) is 0 Å². The Kier molecular flexibility index (Phi) is 7.65. The van der Waals surface area contributed by atoms with E-state index in [-0.39, 0.29) is 5.91 Å². The summed E-state index contributed by atoms with van der Waals surface area (Å²) in [5.41, 5.74) is 1.61. The zero-order valence-electron chi connectivity index (χ0n) is 12.7. The number of pyridine rings is 1. The van der Waals surface area contributed by atoms with Crippen LogP contribution in [0.4, 0.5) is 5.82 Å². The Balaban J connectivity index is 2.59. The molecule has 1 amide bonds. The third-order valence-electron chi connectivity index (χ3n) is 2.96. The van der Waals surface area contributed by atoms with Gasteiger partial charge in [-0.05, 0) is 31.4 Å². The van der Waals surface area contributed by atoms with Gasteiger partial charge in [-0.3, -0.25) is 4.79 Å². The van der Waals surface area contributed by atoms with Crippen molar-refractivity contribution in [1.29, 1.82) is 0 Å². The largest absolute Gasteiger partial charge is 0.385 e. The number of unbranched alkanes of at least 4 members (excludes halogenated alkanes) is 1. The number of hydrogen-bond donors (Lipinski definition) is 2. The number of anilines is 1. The fraction of sp³-hybridized carbons (Fsp3) is 0.600. The average Bonchev–Trinajstić information content (AvgIpc) is 2.46. The van der Waals surface area contributed by atoms with E-state index in [0.29, 0.717) is 12.1 Å². The van der Waals surface area contributed by atoms with Gasteiger partial charge in [0.25, 0.3) is 5.91 Å². The number of aromatic nitrogens is 1. The number of aryl methyl sites for hydroxylation is 1. The summed E-state index contributed by atoms with van der Waals surface area (Å²) < 4.78 is 4.98. The van der Waals surface area contributed by atoms with Gasteiger partial charge in [-0.2, -0.15) is 0 Å². The molecule has 0 unspecified atom stereocenters. The van der Waals surface area contributed by atoms with Crippen LogP contribution in [0.1, 0.15) is 42.2 Å². The van der Waals surface area contributed by atoms with Crippen LogP contribution in [-0.2, 0) is 11.2 Å². The molecule has 0 fully saturated rings. The Hall–Kier alpha value is -1.62. The van der Waals surface area contributed by atoms with Crippen molar-refractivity contribution < 1.29 is 9.53 Å². The minimum absolute atomic E-state index is 0.0429. The first-order valence-corrected chi connectivity index (χ1v) is 7.17. The van der Waals surface area contributed by atoms with E-state index in [4.69, 9.17) is 4.74 Å². The molecule has 0 radical (unpaired) electrons. The highest BCUT2D eigenvalue weighted by Crippen LogP contribution is 2.11. The molecule has 1 aromatic heterocycles. The number of amides is 1. The highest BCUT2D eigenvalue weighted by Gasteiger charge is 2.08. The van der Waals surface area contributed by atoms with Crippen LogP contribution in [0.15, 0.2) is 12.1 Å². The summed E-state index contributed by atoms with van der Waals surface area (Å²) in [4.78, 5) is 16.5. The Morgan fingerprint density at radius 2 is 2.15 bits per heavy atom. The molecule has 0 saturated heterocycles. The van der Waals surface area contributed by atoms with Gasteiger partial charge in [0.15, 0.2) is 0 Å². The first-order valence-electron chi connectivity index (χ1n) is 7.17. The molecule has 1 aromatic rings. The molecule has 112 valence electrons. The Morgan fingerprint density at radius 1 is 1.35 bits per heavy atom. The van der Waals surface area contributed by atoms with Gasteiger partial charge in [0.2, 0.25) is 0 Å². The summed E-state index contributed by atoms with van der Waals surface area (Å²) >= 11 is 0. The molecule has 5 nitrogen and oxygen atoms in total. The second-order valence-corrected chi connectivity index (χ2v) is 4.69. The van der Waals surface area contributed by atoms with Gasteiger partial charge in [-0.25, -0.2) is 4.98 Å². The summed E-state index contributed by atoms with van der Waals surface area (Å²) in [7, 11) is 3.49. The summed E-state index contributed by atoms with van der Waals surface area (Å²) in [5.74, 6) is 0.694. The van der Waals surface area contributed by atoms with Gasteiger partial charge in [-0.1, -0.05) is 13.3 Å². The van der Waals surface area contributed by atoms with Crippen LogP contribution in [0, 0.1) is 0 Å². The van der Waals surface area contributed by atoms with Crippen molar-refractivity contribution >= 4 is 11.7 Å². The van der Waals surface area contributed by atoms with E-state index in [0.717, 1.165) is 43.8 Å². The first-order chi connectivity index (χ1) is 9.71. The molecule has 0 aromatic carbocycles. The van der Waals surface area contributed by atoms with Crippen molar-refractivity contribution in [2.45, 2.75) is 32.6 Å². The molecule has 0 aliphatic heterocycles. The lowest BCUT2D eigenvalue weighted by Crippen LogP contribution is -2.25. The van der Waals surface area contributed by atoms with E-state index in [1.54, 1.807) is 13.2 Å². The van der Waals surface area contributed by atoms with E-state index < -0.39 is 0 Å². The lowest BCUT2D eigenvalue weighted by molar-refractivity contribution is 0.0951. The van der Waals surface area contributed by atoms with E-state index in [2.05, 4.69) is 22.5 Å². The molecule has 0 atom stereocenters. The summed E-state index contributed by atoms with van der Waals surface area (Å²) in [6.45, 7) is 3.50. The maximum Gasteiger partial charge on any atom is 0.251 e. The second-order valence-electron chi connectivity index (χ2n) is 4.69. The van der Waals surface area contributed by atoms with Crippen molar-refractivity contribution in [3.8, 4) is 0 Å². The first kappa shape index (κ1) is 16.4. The average molecular weight is 279 g/mol. The van der Waals surface area contributed by atoms with Crippen molar-refractivity contribution in [2.24, 2.45) is 0 Å². The van der Waals surface area contributed by atoms with Crippen LogP contribution in [0.3, 0.4) is 0 Å². The van der Waals surface area contributed by atoms with Crippen molar-refractivity contribution in [3.05, 3.63) is 23.4 Å². The lowest BCUT2D eigenvalue weighted by Gasteiger charge is -2.09. The molecule has 20 heavy (non-hydrogen) atoms. The van der Waals surface area contributed by atoms with Crippen LogP contribution in [0.5, 0.6) is 0 Å². The van der Waals surface area contributed by atoms with Crippen molar-refractivity contribution in [2.75, 3.05) is 32.6 Å². The zero-order valence-corrected chi connectivity index (χ0v) is 12.7. The number of carbonyl (C=O) groups excluding carboxylic acids is 1. The third-order valence-corrected chi connectivity index (χ3v) is 2.96. The smallest absolute Gasteiger partial charge is 0.251 e. The molecule has 2 N–H and O–H groups in total. The number of ether oxygens (including phenoxy) is 1. The minimum Gasteiger partial charge on any atom is -0.385 e. The number of hydrogen-bond acceptors (Lipinski definition) is 4. The van der Waals surface area contributed by atoms with Gasteiger partial charge >= 0.3 is 0 Å². The van der Waals surface area contributed by atoms with Gasteiger partial charge in [0.05, 0.1) is 0 Å². The third kappa shape index (κ3) is 5.57. The van der Waals surface area contributed by atoms with Crippen LogP contribution in [0.25, 0.3) is 0 Å². The summed E-state index contributed by atoms with van der Waals surface area (Å²) in [6.07, 6.45) is 3.77. The van der Waals surface area contributed by atoms with Gasteiger partial charge in [0.1, 0.15) is 5.82 Å². The standard InChI is InChI=1S/C15H25N3O2/c1-4-7-13-10-12(11-14(16-2)18-13)15(19)17-8-5-6-9-20-3/h10-11H,4-9H2,1-3H3,(H,16,18)(H,17,19). The Labute approximate surface area is 121 Å². The molecule has 1 rings (SSSR count). The van der Waals surface area contributed by atoms with E-state index in [9.17, 15) is 4.79 Å². The molecule has 5 heteroatoms. The SMILES string of the molecule is CCCc1cc(C(=O)NCCCCOC)cc(NC)n1. The van der Waals surface area contributed by atoms with Crippen LogP contribution in [-0.4, -0.2) is 38.2 Å². The number of rotatable bonds is 9. The molecular formula is C15H25N3O2. The lowest BCUT2D eigenvalue weighted by atomic mass is 10.1. The van der Waals surface area contributed by atoms with Crippen molar-refractivity contribution in [1.82, 2.24) is 10.3 Å². The van der Waals surface area contributed by atoms with Gasteiger partial charge in [0, 0.05) is 38.6 Å². The number of methoxy groups -OCH3 is 1. The summed E-state index contributed by atoms with van der Waals surface area (Å²) in [5, 5.41) is 5.93. The number of nitrogens with one attached hydrogen (secondary N) is 2.